The molecule has 0 fully saturated rings. The van der Waals surface area contributed by atoms with Gasteiger partial charge in [0, 0.05) is 23.4 Å². The maximum atomic E-state index is 3.53. The van der Waals surface area contributed by atoms with Crippen molar-refractivity contribution in [1.82, 2.24) is 5.32 Å². The van der Waals surface area contributed by atoms with Crippen LogP contribution in [0.4, 0.5) is 0 Å². The molecule has 1 aliphatic heterocycles. The summed E-state index contributed by atoms with van der Waals surface area (Å²) in [4.78, 5) is 1.61. The van der Waals surface area contributed by atoms with Crippen LogP contribution in [0.1, 0.15) is 36.6 Å². The van der Waals surface area contributed by atoms with E-state index in [0.29, 0.717) is 6.04 Å². The Labute approximate surface area is 77.8 Å². The molecular weight excluding hydrogens is 166 g/mol. The molecule has 0 bridgehead atoms. The molecule has 1 N–H and O–H groups in total. The smallest absolute Gasteiger partial charge is 0.0219 e. The van der Waals surface area contributed by atoms with Crippen molar-refractivity contribution in [1.29, 1.82) is 0 Å². The second kappa shape index (κ2) is 3.19. The quantitative estimate of drug-likeness (QED) is 0.702. The molecule has 2 atom stereocenters. The van der Waals surface area contributed by atoms with Crippen molar-refractivity contribution in [3.63, 3.8) is 0 Å². The van der Waals surface area contributed by atoms with Gasteiger partial charge in [-0.2, -0.15) is 0 Å². The summed E-state index contributed by atoms with van der Waals surface area (Å²) >= 11 is 1.92. The predicted octanol–water partition coefficient (Wildman–Crippen LogP) is 2.73. The number of rotatable bonds is 1. The van der Waals surface area contributed by atoms with E-state index in [9.17, 15) is 0 Å². The molecule has 2 heteroatoms. The highest BCUT2D eigenvalue weighted by Gasteiger charge is 2.25. The largest absolute Gasteiger partial charge is 0.310 e. The molecule has 0 amide bonds. The van der Waals surface area contributed by atoms with Crippen LogP contribution in [0.2, 0.25) is 0 Å². The van der Waals surface area contributed by atoms with Crippen molar-refractivity contribution >= 4 is 11.3 Å². The molecule has 1 aromatic rings. The molecule has 1 aliphatic rings. The fraction of sp³-hybridized carbons (Fsp3) is 0.600. The predicted molar refractivity (Wildman–Crippen MR) is 53.7 cm³/mol. The fourth-order valence-electron chi connectivity index (χ4n) is 2.00. The minimum atomic E-state index is 0.654. The van der Waals surface area contributed by atoms with Gasteiger partial charge in [-0.05, 0) is 30.4 Å². The van der Waals surface area contributed by atoms with E-state index in [1.165, 1.54) is 12.0 Å². The van der Waals surface area contributed by atoms with Crippen molar-refractivity contribution in [3.05, 3.63) is 21.9 Å². The third-order valence-electron chi connectivity index (χ3n) is 2.78. The van der Waals surface area contributed by atoms with E-state index < -0.39 is 0 Å². The van der Waals surface area contributed by atoms with E-state index in [2.05, 4.69) is 30.6 Å². The molecule has 0 aliphatic carbocycles. The zero-order valence-electron chi connectivity index (χ0n) is 7.63. The Hall–Kier alpha value is -0.340. The first-order valence-corrected chi connectivity index (χ1v) is 5.50. The Bertz CT molecular complexity index is 267. The molecule has 0 aromatic carbocycles. The Morgan fingerprint density at radius 2 is 2.50 bits per heavy atom. The third kappa shape index (κ3) is 1.19. The summed E-state index contributed by atoms with van der Waals surface area (Å²) in [6, 6.07) is 2.91. The van der Waals surface area contributed by atoms with E-state index >= 15 is 0 Å². The van der Waals surface area contributed by atoms with Crippen LogP contribution >= 0.6 is 11.3 Å². The molecular formula is C10H15NS. The molecule has 1 nitrogen and oxygen atoms in total. The van der Waals surface area contributed by atoms with Gasteiger partial charge in [0.2, 0.25) is 0 Å². The minimum absolute atomic E-state index is 0.654. The lowest BCUT2D eigenvalue weighted by Gasteiger charge is -2.29. The van der Waals surface area contributed by atoms with Crippen LogP contribution in [0.3, 0.4) is 0 Å². The molecule has 1 aromatic heterocycles. The van der Waals surface area contributed by atoms with Crippen molar-refractivity contribution in [2.24, 2.45) is 0 Å². The second-order valence-corrected chi connectivity index (χ2v) is 4.44. The Kier molecular flexibility index (Phi) is 2.20. The standard InChI is InChI=1S/C10H15NS/c1-3-9-7(2)11-6-8-4-5-12-10(8)9/h4-5,7,9,11H,3,6H2,1-2H3. The lowest BCUT2D eigenvalue weighted by molar-refractivity contribution is 0.426. The Morgan fingerprint density at radius 3 is 3.25 bits per heavy atom. The maximum Gasteiger partial charge on any atom is 0.0219 e. The highest BCUT2D eigenvalue weighted by molar-refractivity contribution is 7.10. The van der Waals surface area contributed by atoms with Gasteiger partial charge in [-0.1, -0.05) is 6.92 Å². The van der Waals surface area contributed by atoms with E-state index in [1.54, 1.807) is 4.88 Å². The molecule has 0 saturated carbocycles. The molecule has 2 unspecified atom stereocenters. The first-order chi connectivity index (χ1) is 5.83. The van der Waals surface area contributed by atoms with Crippen LogP contribution < -0.4 is 5.32 Å². The summed E-state index contributed by atoms with van der Waals surface area (Å²) in [6.45, 7) is 5.63. The average molecular weight is 181 g/mol. The molecule has 12 heavy (non-hydrogen) atoms. The number of hydrogen-bond donors (Lipinski definition) is 1. The number of thiophene rings is 1. The van der Waals surface area contributed by atoms with Gasteiger partial charge < -0.3 is 5.32 Å². The van der Waals surface area contributed by atoms with Gasteiger partial charge in [0.1, 0.15) is 0 Å². The highest BCUT2D eigenvalue weighted by atomic mass is 32.1. The third-order valence-corrected chi connectivity index (χ3v) is 3.87. The van der Waals surface area contributed by atoms with Crippen LogP contribution in [0.15, 0.2) is 11.4 Å². The first kappa shape index (κ1) is 8.27. The van der Waals surface area contributed by atoms with Gasteiger partial charge in [-0.25, -0.2) is 0 Å². The van der Waals surface area contributed by atoms with Crippen LogP contribution in [0.25, 0.3) is 0 Å². The van der Waals surface area contributed by atoms with E-state index in [4.69, 9.17) is 0 Å². The maximum absolute atomic E-state index is 3.53. The normalized spacial score (nSPS) is 28.5. The van der Waals surface area contributed by atoms with Gasteiger partial charge in [0.05, 0.1) is 0 Å². The van der Waals surface area contributed by atoms with E-state index in [-0.39, 0.29) is 0 Å². The van der Waals surface area contributed by atoms with Gasteiger partial charge in [0.25, 0.3) is 0 Å². The van der Waals surface area contributed by atoms with Crippen LogP contribution in [0.5, 0.6) is 0 Å². The summed E-state index contributed by atoms with van der Waals surface area (Å²) in [6.07, 6.45) is 1.25. The van der Waals surface area contributed by atoms with Crippen molar-refractivity contribution in [3.8, 4) is 0 Å². The van der Waals surface area contributed by atoms with Crippen molar-refractivity contribution < 1.29 is 0 Å². The monoisotopic (exact) mass is 181 g/mol. The zero-order valence-corrected chi connectivity index (χ0v) is 8.45. The molecule has 0 saturated heterocycles. The van der Waals surface area contributed by atoms with Gasteiger partial charge in [-0.3, -0.25) is 0 Å². The van der Waals surface area contributed by atoms with Gasteiger partial charge >= 0.3 is 0 Å². The lowest BCUT2D eigenvalue weighted by Crippen LogP contribution is -2.35. The topological polar surface area (TPSA) is 12.0 Å². The summed E-state index contributed by atoms with van der Waals surface area (Å²) in [5.74, 6) is 0.744. The fourth-order valence-corrected chi connectivity index (χ4v) is 3.21. The first-order valence-electron chi connectivity index (χ1n) is 4.62. The van der Waals surface area contributed by atoms with Crippen molar-refractivity contribution in [2.45, 2.75) is 38.8 Å². The van der Waals surface area contributed by atoms with Crippen LogP contribution in [-0.4, -0.2) is 6.04 Å². The molecule has 2 rings (SSSR count). The second-order valence-electron chi connectivity index (χ2n) is 3.49. The molecule has 0 spiro atoms. The summed E-state index contributed by atoms with van der Waals surface area (Å²) in [5.41, 5.74) is 1.52. The molecule has 2 heterocycles. The Morgan fingerprint density at radius 1 is 1.67 bits per heavy atom. The van der Waals surface area contributed by atoms with E-state index in [0.717, 1.165) is 12.5 Å². The number of nitrogens with one attached hydrogen (secondary N) is 1. The molecule has 66 valence electrons. The lowest BCUT2D eigenvalue weighted by atomic mass is 9.91. The summed E-state index contributed by atoms with van der Waals surface area (Å²) < 4.78 is 0. The van der Waals surface area contributed by atoms with Gasteiger partial charge in [-0.15, -0.1) is 11.3 Å². The van der Waals surface area contributed by atoms with Gasteiger partial charge in [0.15, 0.2) is 0 Å². The van der Waals surface area contributed by atoms with Crippen molar-refractivity contribution in [2.75, 3.05) is 0 Å². The number of fused-ring (bicyclic) bond motifs is 1. The highest BCUT2D eigenvalue weighted by Crippen LogP contribution is 2.34. The number of hydrogen-bond acceptors (Lipinski definition) is 2. The van der Waals surface area contributed by atoms with Crippen LogP contribution in [0, 0.1) is 0 Å². The summed E-state index contributed by atoms with van der Waals surface area (Å²) in [5, 5.41) is 5.75. The summed E-state index contributed by atoms with van der Waals surface area (Å²) in [7, 11) is 0. The average Bonchev–Trinajstić information content (AvgIpc) is 2.52. The molecule has 0 radical (unpaired) electrons. The minimum Gasteiger partial charge on any atom is -0.310 e. The SMILES string of the molecule is CCC1c2sccc2CNC1C. The van der Waals surface area contributed by atoms with E-state index in [1.807, 2.05) is 11.3 Å². The Balaban J connectivity index is 2.34. The van der Waals surface area contributed by atoms with Crippen LogP contribution in [-0.2, 0) is 6.54 Å². The zero-order chi connectivity index (χ0) is 8.55.